The van der Waals surface area contributed by atoms with Gasteiger partial charge in [-0.1, -0.05) is 121 Å². The molecule has 0 spiro atoms. The van der Waals surface area contributed by atoms with E-state index < -0.39 is 54.4 Å². The number of anilines is 3. The molecule has 0 bridgehead atoms. The van der Waals surface area contributed by atoms with Gasteiger partial charge >= 0.3 is 0 Å². The minimum Gasteiger partial charge on any atom is -0.455 e. The third-order valence-electron chi connectivity index (χ3n) is 8.00. The molecule has 0 aliphatic carbocycles. The molecule has 0 saturated heterocycles. The maximum Gasteiger partial charge on any atom is 0.143 e. The van der Waals surface area contributed by atoms with Crippen LogP contribution in [0.4, 0.5) is 17.1 Å². The van der Waals surface area contributed by atoms with Gasteiger partial charge in [0.15, 0.2) is 0 Å². The minimum atomic E-state index is -0.643. The van der Waals surface area contributed by atoms with E-state index in [9.17, 15) is 6.85 Å². The van der Waals surface area contributed by atoms with Gasteiger partial charge in [0.05, 0.1) is 31.8 Å². The van der Waals surface area contributed by atoms with Gasteiger partial charge < -0.3 is 9.32 Å². The lowest BCUT2D eigenvalue weighted by Gasteiger charge is -2.27. The van der Waals surface area contributed by atoms with E-state index in [-0.39, 0.29) is 45.5 Å². The van der Waals surface area contributed by atoms with Gasteiger partial charge in [0.25, 0.3) is 0 Å². The fraction of sp³-hybridized carbons (Fsp3) is 0. The molecule has 0 N–H and O–H groups in total. The Morgan fingerprint density at radius 3 is 2.16 bits per heavy atom. The number of hydrogen-bond acceptors (Lipinski definition) is 2. The van der Waals surface area contributed by atoms with Crippen molar-refractivity contribution in [3.63, 3.8) is 0 Å². The number of nitrogens with zero attached hydrogens (tertiary/aromatic N) is 1. The lowest BCUT2D eigenvalue weighted by Crippen LogP contribution is -2.10. The monoisotopic (exact) mass is 572 g/mol. The van der Waals surface area contributed by atoms with Crippen LogP contribution in [0.2, 0.25) is 0 Å². The molecule has 2 heteroatoms. The predicted molar refractivity (Wildman–Crippen MR) is 186 cm³/mol. The number of benzene rings is 8. The zero-order chi connectivity index (χ0) is 38.6. The van der Waals surface area contributed by atoms with Crippen molar-refractivity contribution in [2.75, 3.05) is 4.90 Å². The molecule has 9 aromatic rings. The summed E-state index contributed by atoms with van der Waals surface area (Å²) in [6, 6.07) is 23.4. The Kier molecular flexibility index (Phi) is 3.61. The summed E-state index contributed by atoms with van der Waals surface area (Å²) in [5, 5.41) is 3.99. The van der Waals surface area contributed by atoms with Crippen LogP contribution in [-0.2, 0) is 0 Å². The average Bonchev–Trinajstić information content (AvgIpc) is 3.59. The summed E-state index contributed by atoms with van der Waals surface area (Å²) in [6.07, 6.45) is 0. The normalized spacial score (nSPS) is 15.1. The summed E-state index contributed by atoms with van der Waals surface area (Å²) in [5.74, 6) is 0. The Morgan fingerprint density at radius 2 is 1.25 bits per heavy atom. The van der Waals surface area contributed by atoms with Crippen LogP contribution >= 0.6 is 0 Å². The summed E-state index contributed by atoms with van der Waals surface area (Å²) in [7, 11) is 0. The average molecular weight is 573 g/mol. The fourth-order valence-electron chi connectivity index (χ4n) is 5.95. The molecule has 0 fully saturated rings. The zero-order valence-electron chi connectivity index (χ0n) is 34.1. The molecule has 0 amide bonds. The van der Waals surface area contributed by atoms with Crippen molar-refractivity contribution in [2.45, 2.75) is 0 Å². The van der Waals surface area contributed by atoms with Crippen molar-refractivity contribution in [1.29, 1.82) is 0 Å². The molecule has 0 unspecified atom stereocenters. The summed E-state index contributed by atoms with van der Waals surface area (Å²) in [5.41, 5.74) is 1.02. The van der Waals surface area contributed by atoms with Crippen LogP contribution in [0.5, 0.6) is 0 Å². The van der Waals surface area contributed by atoms with Gasteiger partial charge in [0.1, 0.15) is 11.2 Å². The number of hydrogen-bond donors (Lipinski definition) is 0. The predicted octanol–water partition coefficient (Wildman–Crippen LogP) is 12.2. The lowest BCUT2D eigenvalue weighted by molar-refractivity contribution is 0.672. The van der Waals surface area contributed by atoms with E-state index in [1.54, 1.807) is 30.3 Å². The second-order valence-corrected chi connectivity index (χ2v) is 10.5. The molecule has 44 heavy (non-hydrogen) atoms. The molecule has 9 rings (SSSR count). The van der Waals surface area contributed by atoms with Gasteiger partial charge in [-0.25, -0.2) is 0 Å². The summed E-state index contributed by atoms with van der Waals surface area (Å²) in [4.78, 5) is 1.28. The van der Waals surface area contributed by atoms with E-state index in [4.69, 9.17) is 12.6 Å². The molecule has 1 heterocycles. The molecular formula is C42H27NO. The largest absolute Gasteiger partial charge is 0.455 e. The highest BCUT2D eigenvalue weighted by molar-refractivity contribution is 6.20. The zero-order valence-corrected chi connectivity index (χ0v) is 23.1. The third-order valence-corrected chi connectivity index (χ3v) is 8.00. The number of fused-ring (bicyclic) bond motifs is 7. The molecule has 0 aliphatic heterocycles. The Labute approximate surface area is 270 Å². The molecule has 206 valence electrons. The fourth-order valence-corrected chi connectivity index (χ4v) is 5.95. The van der Waals surface area contributed by atoms with E-state index in [0.717, 1.165) is 21.5 Å². The third kappa shape index (κ3) is 3.89. The van der Waals surface area contributed by atoms with Crippen LogP contribution in [0.25, 0.3) is 65.4 Å². The topological polar surface area (TPSA) is 16.4 Å². The molecular weight excluding hydrogens is 534 g/mol. The molecule has 1 aromatic heterocycles. The van der Waals surface area contributed by atoms with Crippen molar-refractivity contribution in [3.05, 3.63) is 164 Å². The van der Waals surface area contributed by atoms with Crippen LogP contribution in [0.1, 0.15) is 15.1 Å². The molecule has 0 atom stereocenters. The minimum absolute atomic E-state index is 0.0449. The van der Waals surface area contributed by atoms with E-state index in [1.807, 2.05) is 66.7 Å². The van der Waals surface area contributed by atoms with Gasteiger partial charge in [0, 0.05) is 21.8 Å². The van der Waals surface area contributed by atoms with Crippen LogP contribution in [-0.4, -0.2) is 0 Å². The summed E-state index contributed by atoms with van der Waals surface area (Å²) < 4.78 is 106. The first-order chi connectivity index (χ1) is 26.4. The maximum absolute atomic E-state index is 9.55. The van der Waals surface area contributed by atoms with Crippen molar-refractivity contribution in [1.82, 2.24) is 0 Å². The molecule has 0 aliphatic rings. The van der Waals surface area contributed by atoms with Gasteiger partial charge in [-0.15, -0.1) is 0 Å². The van der Waals surface area contributed by atoms with Gasteiger partial charge in [-0.2, -0.15) is 0 Å². The standard InChI is InChI=1S/C42H27NO/c1-2-12-32-27-33(20-19-28(32)9-1)29-21-24-34(25-22-29)43(38-16-7-13-30-10-3-5-14-35(30)38)39-17-8-18-40-41(39)37-26-23-31-11-4-6-15-36(31)42(37)44-40/h1-27H/i3D,5D,7D,10D,13D,14D,16D,21D,22D,24D,25D. The van der Waals surface area contributed by atoms with Gasteiger partial charge in [-0.05, 0) is 75.1 Å². The van der Waals surface area contributed by atoms with Crippen LogP contribution in [0.3, 0.4) is 0 Å². The first kappa shape index (κ1) is 16.1. The lowest BCUT2D eigenvalue weighted by atomic mass is 10.00. The van der Waals surface area contributed by atoms with E-state index in [2.05, 4.69) is 0 Å². The van der Waals surface area contributed by atoms with Crippen LogP contribution in [0.15, 0.2) is 168 Å². The van der Waals surface area contributed by atoms with Crippen molar-refractivity contribution >= 4 is 71.3 Å². The van der Waals surface area contributed by atoms with Crippen LogP contribution < -0.4 is 4.90 Å². The van der Waals surface area contributed by atoms with Gasteiger partial charge in [0.2, 0.25) is 0 Å². The Bertz CT molecular complexity index is 3100. The second kappa shape index (κ2) is 9.86. The van der Waals surface area contributed by atoms with Crippen molar-refractivity contribution in [2.24, 2.45) is 0 Å². The highest BCUT2D eigenvalue weighted by Gasteiger charge is 2.21. The Hall–Kier alpha value is -5.86. The first-order valence-electron chi connectivity index (χ1n) is 19.6. The SMILES string of the molecule is [2H]c1c([2H])c(N(c2c([2H])c([2H])c([2H])c3c([2H])c([2H])c([2H])c([2H])c23)c2cccc3oc4c5ccccc5ccc4c23)c([2H])c([2H])c1-c1ccc2ccccc2c1. The molecule has 2 nitrogen and oxygen atoms in total. The first-order valence-corrected chi connectivity index (χ1v) is 14.1. The number of furan rings is 1. The summed E-state index contributed by atoms with van der Waals surface area (Å²) in [6.45, 7) is 0. The quantitative estimate of drug-likeness (QED) is 0.209. The summed E-state index contributed by atoms with van der Waals surface area (Å²) >= 11 is 0. The van der Waals surface area contributed by atoms with Gasteiger partial charge in [-0.3, -0.25) is 0 Å². The van der Waals surface area contributed by atoms with E-state index in [0.29, 0.717) is 27.5 Å². The molecule has 0 radical (unpaired) electrons. The molecule has 0 saturated carbocycles. The maximum atomic E-state index is 9.55. The highest BCUT2D eigenvalue weighted by Crippen LogP contribution is 2.46. The smallest absolute Gasteiger partial charge is 0.143 e. The number of rotatable bonds is 4. The molecule has 8 aromatic carbocycles. The van der Waals surface area contributed by atoms with Crippen molar-refractivity contribution < 1.29 is 19.5 Å². The Balaban J connectivity index is 1.46. The second-order valence-electron chi connectivity index (χ2n) is 10.5. The van der Waals surface area contributed by atoms with E-state index >= 15 is 0 Å². The Morgan fingerprint density at radius 1 is 0.477 bits per heavy atom. The van der Waals surface area contributed by atoms with Crippen LogP contribution in [0, 0.1) is 0 Å². The highest BCUT2D eigenvalue weighted by atomic mass is 16.3. The van der Waals surface area contributed by atoms with Crippen molar-refractivity contribution in [3.8, 4) is 11.1 Å². The van der Waals surface area contributed by atoms with E-state index in [1.165, 1.54) is 4.90 Å².